The number of hydrogen-bond donors (Lipinski definition) is 0. The fourth-order valence-electron chi connectivity index (χ4n) is 4.55. The average Bonchev–Trinajstić information content (AvgIpc) is 3.51. The Morgan fingerprint density at radius 2 is 1.63 bits per heavy atom. The molecule has 0 spiro atoms. The van der Waals surface area contributed by atoms with Crippen LogP contribution >= 0.6 is 0 Å². The molecular weight excluding hydrogens is 480 g/mol. The second kappa shape index (κ2) is 9.41. The summed E-state index contributed by atoms with van der Waals surface area (Å²) < 4.78 is 22.5. The Morgan fingerprint density at radius 3 is 2.39 bits per heavy atom. The van der Waals surface area contributed by atoms with Crippen LogP contribution in [0.5, 0.6) is 17.2 Å². The molecule has 6 heteroatoms. The quantitative estimate of drug-likeness (QED) is 0.143. The van der Waals surface area contributed by atoms with Crippen LogP contribution in [0.15, 0.2) is 101 Å². The number of Topliss-reactive ketones (excluding diaryl/α,β-unsaturated/α-hetero) is 1. The molecule has 0 N–H and O–H groups in total. The highest BCUT2D eigenvalue weighted by atomic mass is 16.6. The highest BCUT2D eigenvalue weighted by molar-refractivity contribution is 6.15. The molecule has 6 nitrogen and oxygen atoms in total. The Morgan fingerprint density at radius 1 is 0.868 bits per heavy atom. The Balaban J connectivity index is 1.23. The van der Waals surface area contributed by atoms with E-state index < -0.39 is 5.97 Å². The number of esters is 1. The molecule has 0 bridgehead atoms. The number of para-hydroxylation sites is 1. The molecule has 38 heavy (non-hydrogen) atoms. The number of furan rings is 1. The van der Waals surface area contributed by atoms with Crippen molar-refractivity contribution in [1.82, 2.24) is 0 Å². The average molecular weight is 503 g/mol. The van der Waals surface area contributed by atoms with Gasteiger partial charge in [0.15, 0.2) is 17.1 Å². The van der Waals surface area contributed by atoms with Crippen molar-refractivity contribution in [2.24, 2.45) is 0 Å². The number of benzene rings is 4. The van der Waals surface area contributed by atoms with E-state index in [0.29, 0.717) is 28.2 Å². The third-order valence-corrected chi connectivity index (χ3v) is 6.40. The highest BCUT2D eigenvalue weighted by Crippen LogP contribution is 2.38. The van der Waals surface area contributed by atoms with Crippen LogP contribution in [0, 0.1) is 6.92 Å². The van der Waals surface area contributed by atoms with E-state index in [1.807, 2.05) is 66.7 Å². The number of carbonyl (C=O) groups excluding carboxylic acids is 2. The van der Waals surface area contributed by atoms with Crippen molar-refractivity contribution in [3.05, 3.63) is 119 Å². The Labute approximate surface area is 218 Å². The Bertz CT molecular complexity index is 1730. The van der Waals surface area contributed by atoms with Gasteiger partial charge in [-0.2, -0.15) is 0 Å². The minimum absolute atomic E-state index is 0.0409. The number of rotatable bonds is 5. The summed E-state index contributed by atoms with van der Waals surface area (Å²) >= 11 is 0. The summed E-state index contributed by atoms with van der Waals surface area (Å²) in [7, 11) is 1.53. The number of methoxy groups -OCH3 is 1. The van der Waals surface area contributed by atoms with E-state index in [2.05, 4.69) is 0 Å². The third kappa shape index (κ3) is 4.22. The minimum Gasteiger partial charge on any atom is -0.493 e. The molecule has 0 aliphatic carbocycles. The smallest absolute Gasteiger partial charge is 0.379 e. The molecule has 1 aliphatic heterocycles. The lowest BCUT2D eigenvalue weighted by Gasteiger charge is -2.06. The lowest BCUT2D eigenvalue weighted by atomic mass is 10.0. The molecule has 1 aromatic heterocycles. The molecule has 0 radical (unpaired) electrons. The van der Waals surface area contributed by atoms with Gasteiger partial charge in [0.05, 0.1) is 12.7 Å². The summed E-state index contributed by atoms with van der Waals surface area (Å²) in [5, 5.41) is 0.724. The summed E-state index contributed by atoms with van der Waals surface area (Å²) in [6.45, 7) is 1.78. The molecule has 0 atom stereocenters. The van der Waals surface area contributed by atoms with E-state index in [1.165, 1.54) is 7.11 Å². The van der Waals surface area contributed by atoms with Crippen molar-refractivity contribution in [3.8, 4) is 28.4 Å². The predicted molar refractivity (Wildman–Crippen MR) is 144 cm³/mol. The first-order chi connectivity index (χ1) is 18.5. The zero-order chi connectivity index (χ0) is 26.2. The molecule has 186 valence electrons. The molecule has 2 heterocycles. The first kappa shape index (κ1) is 23.3. The van der Waals surface area contributed by atoms with Crippen LogP contribution in [0.4, 0.5) is 0 Å². The zero-order valence-corrected chi connectivity index (χ0v) is 20.7. The lowest BCUT2D eigenvalue weighted by Crippen LogP contribution is -2.07. The molecule has 1 aliphatic rings. The number of ether oxygens (including phenoxy) is 3. The van der Waals surface area contributed by atoms with E-state index in [0.717, 1.165) is 22.1 Å². The van der Waals surface area contributed by atoms with Crippen LogP contribution in [0.2, 0.25) is 0 Å². The van der Waals surface area contributed by atoms with Gasteiger partial charge in [-0.1, -0.05) is 66.7 Å². The number of fused-ring (bicyclic) bond motifs is 2. The first-order valence-corrected chi connectivity index (χ1v) is 12.0. The molecule has 0 fully saturated rings. The van der Waals surface area contributed by atoms with E-state index in [9.17, 15) is 9.59 Å². The Hall–Kier alpha value is -5.10. The second-order valence-electron chi connectivity index (χ2n) is 8.92. The van der Waals surface area contributed by atoms with Gasteiger partial charge >= 0.3 is 5.97 Å². The van der Waals surface area contributed by atoms with Gasteiger partial charge in [-0.15, -0.1) is 0 Å². The van der Waals surface area contributed by atoms with Gasteiger partial charge in [0.25, 0.3) is 0 Å². The van der Waals surface area contributed by atoms with E-state index in [1.54, 1.807) is 37.3 Å². The fraction of sp³-hybridized carbons (Fsp3) is 0.0625. The van der Waals surface area contributed by atoms with Crippen LogP contribution in [0.25, 0.3) is 28.2 Å². The van der Waals surface area contributed by atoms with Crippen LogP contribution in [0.1, 0.15) is 32.0 Å². The largest absolute Gasteiger partial charge is 0.493 e. The van der Waals surface area contributed by atoms with Gasteiger partial charge in [0, 0.05) is 11.5 Å². The second-order valence-corrected chi connectivity index (χ2v) is 8.92. The number of aryl methyl sites for hydroxylation is 1. The normalized spacial score (nSPS) is 13.4. The molecular formula is C32H22O6. The van der Waals surface area contributed by atoms with Crippen molar-refractivity contribution in [2.75, 3.05) is 7.11 Å². The molecule has 0 amide bonds. The highest BCUT2D eigenvalue weighted by Gasteiger charge is 2.30. The summed E-state index contributed by atoms with van der Waals surface area (Å²) in [5.74, 6) is 0.489. The fourth-order valence-corrected chi connectivity index (χ4v) is 4.55. The standard InChI is InChI=1S/C32H22O6/c1-19-15-24(36-32(34)28-17-23-9-6-10-25(35-2)31(23)38-28)18-26-29(19)30(33)27(37-26)16-20-11-13-22(14-12-20)21-7-4-3-5-8-21/h3-18H,1-2H3/b27-16-. The lowest BCUT2D eigenvalue weighted by molar-refractivity contribution is 0.0703. The van der Waals surface area contributed by atoms with E-state index in [4.69, 9.17) is 18.6 Å². The summed E-state index contributed by atoms with van der Waals surface area (Å²) in [6, 6.07) is 28.1. The maximum Gasteiger partial charge on any atom is 0.379 e. The number of hydrogen-bond acceptors (Lipinski definition) is 6. The van der Waals surface area contributed by atoms with Gasteiger partial charge in [0.1, 0.15) is 11.5 Å². The van der Waals surface area contributed by atoms with Gasteiger partial charge in [-0.3, -0.25) is 4.79 Å². The van der Waals surface area contributed by atoms with Crippen LogP contribution < -0.4 is 14.2 Å². The molecule has 4 aromatic carbocycles. The Kier molecular flexibility index (Phi) is 5.77. The van der Waals surface area contributed by atoms with Crippen LogP contribution in [-0.4, -0.2) is 18.9 Å². The minimum atomic E-state index is -0.666. The van der Waals surface area contributed by atoms with Crippen molar-refractivity contribution in [3.63, 3.8) is 0 Å². The molecule has 0 saturated carbocycles. The first-order valence-electron chi connectivity index (χ1n) is 12.0. The van der Waals surface area contributed by atoms with Crippen molar-refractivity contribution < 1.29 is 28.2 Å². The van der Waals surface area contributed by atoms with Crippen LogP contribution in [-0.2, 0) is 0 Å². The predicted octanol–water partition coefficient (Wildman–Crippen LogP) is 7.25. The number of ketones is 1. The van der Waals surface area contributed by atoms with Gasteiger partial charge in [-0.05, 0) is 53.5 Å². The van der Waals surface area contributed by atoms with Crippen LogP contribution in [0.3, 0.4) is 0 Å². The maximum atomic E-state index is 13.1. The summed E-state index contributed by atoms with van der Waals surface area (Å²) in [6.07, 6.45) is 1.71. The zero-order valence-electron chi connectivity index (χ0n) is 20.7. The number of carbonyl (C=O) groups is 2. The third-order valence-electron chi connectivity index (χ3n) is 6.40. The monoisotopic (exact) mass is 502 g/mol. The molecule has 0 unspecified atom stereocenters. The van der Waals surface area contributed by atoms with Crippen molar-refractivity contribution in [2.45, 2.75) is 6.92 Å². The van der Waals surface area contributed by atoms with Gasteiger partial charge < -0.3 is 18.6 Å². The van der Waals surface area contributed by atoms with Crippen molar-refractivity contribution >= 4 is 28.8 Å². The van der Waals surface area contributed by atoms with E-state index >= 15 is 0 Å². The van der Waals surface area contributed by atoms with Gasteiger partial charge in [0.2, 0.25) is 11.5 Å². The summed E-state index contributed by atoms with van der Waals surface area (Å²) in [5.41, 5.74) is 4.60. The summed E-state index contributed by atoms with van der Waals surface area (Å²) in [4.78, 5) is 25.9. The van der Waals surface area contributed by atoms with E-state index in [-0.39, 0.29) is 23.1 Å². The number of allylic oxidation sites excluding steroid dienone is 1. The van der Waals surface area contributed by atoms with Gasteiger partial charge in [-0.25, -0.2) is 4.79 Å². The molecule has 0 saturated heterocycles. The SMILES string of the molecule is COc1cccc2cc(C(=O)Oc3cc(C)c4c(c3)O/C(=C\c3ccc(-c5ccccc5)cc3)C4=O)oc12. The van der Waals surface area contributed by atoms with Crippen molar-refractivity contribution in [1.29, 1.82) is 0 Å². The maximum absolute atomic E-state index is 13.1. The molecule has 6 rings (SSSR count). The topological polar surface area (TPSA) is 75.0 Å². The molecule has 5 aromatic rings.